The molecular weight excluding hydrogens is 995 g/mol. The fourth-order valence-electron chi connectivity index (χ4n) is 9.44. The number of hydrogen-bond donors (Lipinski definition) is 24. The molecule has 0 unspecified atom stereocenters. The van der Waals surface area contributed by atoms with Crippen molar-refractivity contribution in [2.45, 2.75) is 0 Å². The Bertz CT molecular complexity index is 4400. The molecule has 28 nitrogen and oxygen atoms in total. The maximum absolute atomic E-state index is 12.4. The maximum Gasteiger partial charge on any atom is 0.208 e. The summed E-state index contributed by atoms with van der Waals surface area (Å²) < 4.78 is 6.62. The van der Waals surface area contributed by atoms with Crippen LogP contribution in [0.25, 0.3) is 105 Å². The number of benzene rings is 8. The second-order valence-electron chi connectivity index (χ2n) is 16.5. The highest BCUT2D eigenvalue weighted by Gasteiger charge is 2.40. The van der Waals surface area contributed by atoms with Crippen LogP contribution in [0.1, 0.15) is 0 Å². The molecule has 0 saturated carbocycles. The van der Waals surface area contributed by atoms with Crippen molar-refractivity contribution in [3.8, 4) is 177 Å². The van der Waals surface area contributed by atoms with Gasteiger partial charge in [-0.1, -0.05) is 12.1 Å². The Morgan fingerprint density at radius 1 is 0.311 bits per heavy atom. The van der Waals surface area contributed by atoms with Crippen LogP contribution in [0.15, 0.2) is 22.6 Å². The molecular formula is C46H27N3O25. The van der Waals surface area contributed by atoms with Crippen LogP contribution in [0.3, 0.4) is 0 Å². The molecule has 0 aliphatic rings. The van der Waals surface area contributed by atoms with E-state index in [1.54, 1.807) is 0 Å². The molecule has 74 heavy (non-hydrogen) atoms. The van der Waals surface area contributed by atoms with Gasteiger partial charge in [0.2, 0.25) is 69.0 Å². The van der Waals surface area contributed by atoms with Crippen molar-refractivity contribution < 1.29 is 127 Å². The molecule has 0 bridgehead atoms. The molecule has 24 N–H and O–H groups in total. The molecule has 11 rings (SSSR count). The number of phenolic OH excluding ortho intramolecular Hbond substituents is 24. The number of fused-ring (bicyclic) bond motifs is 6. The van der Waals surface area contributed by atoms with Gasteiger partial charge in [-0.3, -0.25) is 4.57 Å². The molecule has 0 aliphatic heterocycles. The van der Waals surface area contributed by atoms with Crippen molar-refractivity contribution in [2.24, 2.45) is 0 Å². The molecule has 0 aliphatic carbocycles. The average molecular weight is 1020 g/mol. The van der Waals surface area contributed by atoms with Crippen LogP contribution in [-0.4, -0.2) is 137 Å². The standard InChI is InChI=1S/C46H27N3O25/c50-20-6(4-2-1-3-5-15-45(74-44(4)5)16(13-24(54)35(65)41(71)36(66)25(13)55)48-46(47-15)14-26(56)37(67)42(72)38(68)27(14)57)7-8-9-11(12-10(7)21(51)33(63)34(64)23(12)53)22(52)32(62)29(59)18(9)49(17(8)28(20)58)19-30(60)39(69)43(73)40(70)31(19)61/h1-3,50-73H. The van der Waals surface area contributed by atoms with E-state index in [0.29, 0.717) is 4.57 Å². The molecule has 0 radical (unpaired) electrons. The molecule has 0 fully saturated rings. The molecule has 11 aromatic rings. The maximum atomic E-state index is 12.4. The van der Waals surface area contributed by atoms with Crippen LogP contribution in [-0.2, 0) is 0 Å². The number of aromatic hydroxyl groups is 24. The Balaban J connectivity index is 1.40. The molecule has 8 aromatic carbocycles. The van der Waals surface area contributed by atoms with Crippen LogP contribution < -0.4 is 0 Å². The van der Waals surface area contributed by atoms with Gasteiger partial charge >= 0.3 is 0 Å². The zero-order valence-corrected chi connectivity index (χ0v) is 35.7. The van der Waals surface area contributed by atoms with E-state index in [1.165, 1.54) is 12.1 Å². The van der Waals surface area contributed by atoms with Gasteiger partial charge in [-0.25, -0.2) is 9.97 Å². The van der Waals surface area contributed by atoms with Crippen LogP contribution >= 0.6 is 0 Å². The number of para-hydroxylation sites is 1. The lowest BCUT2D eigenvalue weighted by Gasteiger charge is -2.19. The third-order valence-corrected chi connectivity index (χ3v) is 12.8. The second-order valence-corrected chi connectivity index (χ2v) is 16.5. The highest BCUT2D eigenvalue weighted by atomic mass is 16.4. The number of aromatic nitrogens is 3. The zero-order chi connectivity index (χ0) is 53.6. The molecule has 376 valence electrons. The number of nitrogens with zero attached hydrogens (tertiary/aromatic N) is 3. The normalized spacial score (nSPS) is 12.0. The number of furan rings is 1. The predicted molar refractivity (Wildman–Crippen MR) is 246 cm³/mol. The van der Waals surface area contributed by atoms with Crippen molar-refractivity contribution >= 4 is 65.4 Å². The van der Waals surface area contributed by atoms with Crippen molar-refractivity contribution in [2.75, 3.05) is 0 Å². The van der Waals surface area contributed by atoms with Crippen molar-refractivity contribution in [3.05, 3.63) is 18.2 Å². The third kappa shape index (κ3) is 5.01. The Labute approximate surface area is 401 Å². The molecule has 28 heteroatoms. The Morgan fingerprint density at radius 2 is 0.676 bits per heavy atom. The summed E-state index contributed by atoms with van der Waals surface area (Å²) in [7, 11) is 0. The highest BCUT2D eigenvalue weighted by Crippen LogP contribution is 2.66. The second kappa shape index (κ2) is 14.0. The SMILES string of the molecule is Oc1c(O)c(O)c(-c2nc(-c3c(O)c(O)c(O)c(O)c3O)c3oc4c(-c5c(O)c(O)c6c7c5c5c(O)c(O)c(O)c(O)c5c5c(O)c(O)c(O)c(c57)n6-c5c(O)c(O)c(O)c(O)c5O)cccc4c3n2)c(O)c1O. The highest BCUT2D eigenvalue weighted by molar-refractivity contribution is 6.42. The Morgan fingerprint density at radius 3 is 1.18 bits per heavy atom. The topological polar surface area (TPSA) is 529 Å². The molecule has 3 heterocycles. The van der Waals surface area contributed by atoms with Gasteiger partial charge in [-0.15, -0.1) is 0 Å². The van der Waals surface area contributed by atoms with Crippen LogP contribution in [0.2, 0.25) is 0 Å². The molecule has 0 spiro atoms. The minimum absolute atomic E-state index is 0.323. The molecule has 3 aromatic heterocycles. The lowest BCUT2D eigenvalue weighted by atomic mass is 9.86. The van der Waals surface area contributed by atoms with Crippen molar-refractivity contribution in [1.29, 1.82) is 0 Å². The van der Waals surface area contributed by atoms with Crippen molar-refractivity contribution in [1.82, 2.24) is 14.5 Å². The van der Waals surface area contributed by atoms with Gasteiger partial charge in [-0.05, 0) is 6.07 Å². The predicted octanol–water partition coefficient (Wildman–Crippen LogP) is 5.15. The third-order valence-electron chi connectivity index (χ3n) is 12.8. The van der Waals surface area contributed by atoms with Gasteiger partial charge in [0.05, 0.1) is 5.56 Å². The minimum Gasteiger partial charge on any atom is -0.504 e. The fraction of sp³-hybridized carbons (Fsp3) is 0. The minimum atomic E-state index is -1.55. The Kier molecular flexibility index (Phi) is 8.51. The first kappa shape index (κ1) is 44.9. The lowest BCUT2D eigenvalue weighted by molar-refractivity contribution is 0.327. The quantitative estimate of drug-likeness (QED) is 0.0615. The monoisotopic (exact) mass is 1020 g/mol. The first-order valence-electron chi connectivity index (χ1n) is 20.3. The smallest absolute Gasteiger partial charge is 0.208 e. The summed E-state index contributed by atoms with van der Waals surface area (Å²) in [6.45, 7) is 0. The van der Waals surface area contributed by atoms with E-state index >= 15 is 0 Å². The summed E-state index contributed by atoms with van der Waals surface area (Å²) >= 11 is 0. The van der Waals surface area contributed by atoms with E-state index < -0.39 is 237 Å². The number of phenols is 24. The summed E-state index contributed by atoms with van der Waals surface area (Å²) in [6, 6.07) is 3.44. The van der Waals surface area contributed by atoms with E-state index in [4.69, 9.17) is 4.42 Å². The first-order valence-corrected chi connectivity index (χ1v) is 20.3. The van der Waals surface area contributed by atoms with E-state index in [2.05, 4.69) is 9.97 Å². The van der Waals surface area contributed by atoms with Gasteiger partial charge in [0, 0.05) is 48.8 Å². The molecule has 0 atom stereocenters. The fourth-order valence-corrected chi connectivity index (χ4v) is 9.44. The Hall–Kier alpha value is -11.6. The van der Waals surface area contributed by atoms with Crippen LogP contribution in [0.4, 0.5) is 0 Å². The van der Waals surface area contributed by atoms with Crippen LogP contribution in [0.5, 0.6) is 138 Å². The molecule has 0 saturated heterocycles. The zero-order valence-electron chi connectivity index (χ0n) is 35.7. The lowest BCUT2D eigenvalue weighted by Crippen LogP contribution is -1.98. The summed E-state index contributed by atoms with van der Waals surface area (Å²) in [5.41, 5.74) is -9.55. The average Bonchev–Trinajstić information content (AvgIpc) is 4.01. The number of rotatable bonds is 4. The van der Waals surface area contributed by atoms with Gasteiger partial charge in [0.25, 0.3) is 0 Å². The van der Waals surface area contributed by atoms with Gasteiger partial charge < -0.3 is 127 Å². The van der Waals surface area contributed by atoms with Crippen molar-refractivity contribution in [3.63, 3.8) is 0 Å². The summed E-state index contributed by atoms with van der Waals surface area (Å²) in [5, 5.41) is 260. The summed E-state index contributed by atoms with van der Waals surface area (Å²) in [6.07, 6.45) is 0. The number of hydrogen-bond acceptors (Lipinski definition) is 27. The van der Waals surface area contributed by atoms with E-state index in [9.17, 15) is 123 Å². The molecule has 0 amide bonds. The van der Waals surface area contributed by atoms with Gasteiger partial charge in [-0.2, -0.15) is 0 Å². The van der Waals surface area contributed by atoms with Crippen LogP contribution in [0, 0.1) is 0 Å². The largest absolute Gasteiger partial charge is 0.504 e. The van der Waals surface area contributed by atoms with Gasteiger partial charge in [0.1, 0.15) is 39.1 Å². The first-order chi connectivity index (χ1) is 34.8. The van der Waals surface area contributed by atoms with Gasteiger partial charge in [0.15, 0.2) is 80.4 Å². The van der Waals surface area contributed by atoms with E-state index in [1.807, 2.05) is 0 Å². The van der Waals surface area contributed by atoms with E-state index in [0.717, 1.165) is 6.07 Å². The van der Waals surface area contributed by atoms with E-state index in [-0.39, 0.29) is 5.39 Å². The summed E-state index contributed by atoms with van der Waals surface area (Å²) in [4.78, 5) is 8.37. The summed E-state index contributed by atoms with van der Waals surface area (Å²) in [5.74, 6) is -36.1.